The molecule has 0 aliphatic heterocycles. The number of rotatable bonds is 9. The fraction of sp³-hybridized carbons (Fsp3) is 0.391. The minimum absolute atomic E-state index is 0.0214. The summed E-state index contributed by atoms with van der Waals surface area (Å²) in [4.78, 5) is 28.5. The second kappa shape index (κ2) is 10.9. The van der Waals surface area contributed by atoms with Gasteiger partial charge in [0.25, 0.3) is 0 Å². The molecule has 2 amide bonds. The van der Waals surface area contributed by atoms with Crippen molar-refractivity contribution in [3.8, 4) is 0 Å². The molecule has 4 nitrogen and oxygen atoms in total. The third-order valence-corrected chi connectivity index (χ3v) is 5.72. The molecule has 28 heavy (non-hydrogen) atoms. The summed E-state index contributed by atoms with van der Waals surface area (Å²) in [6.45, 7) is 8.92. The molecule has 0 bridgehead atoms. The standard InChI is InChI=1S/C23H30N2O2S/c1-5-21(23(27)24-6-2)25(15-19-10-8-7-9-18(19)4)22(26)16-28-20-13-11-17(3)12-14-20/h7-14,21H,5-6,15-16H2,1-4H3,(H,24,27). The molecular formula is C23H30N2O2S. The van der Waals surface area contributed by atoms with Crippen LogP contribution in [0.25, 0.3) is 0 Å². The van der Waals surface area contributed by atoms with Crippen molar-refractivity contribution in [2.45, 2.75) is 51.6 Å². The Balaban J connectivity index is 2.20. The Morgan fingerprint density at radius 2 is 1.71 bits per heavy atom. The quantitative estimate of drug-likeness (QED) is 0.639. The molecule has 0 saturated heterocycles. The highest BCUT2D eigenvalue weighted by Crippen LogP contribution is 2.21. The van der Waals surface area contributed by atoms with Crippen LogP contribution in [-0.2, 0) is 16.1 Å². The topological polar surface area (TPSA) is 49.4 Å². The summed E-state index contributed by atoms with van der Waals surface area (Å²) in [5.74, 6) is 0.199. The Morgan fingerprint density at radius 1 is 1.04 bits per heavy atom. The molecular weight excluding hydrogens is 368 g/mol. The summed E-state index contributed by atoms with van der Waals surface area (Å²) in [5, 5.41) is 2.87. The molecule has 0 saturated carbocycles. The van der Waals surface area contributed by atoms with Gasteiger partial charge in [0.15, 0.2) is 0 Å². The molecule has 2 rings (SSSR count). The number of amides is 2. The van der Waals surface area contributed by atoms with E-state index in [9.17, 15) is 9.59 Å². The summed E-state index contributed by atoms with van der Waals surface area (Å²) < 4.78 is 0. The van der Waals surface area contributed by atoms with Gasteiger partial charge in [-0.3, -0.25) is 9.59 Å². The van der Waals surface area contributed by atoms with E-state index in [0.717, 1.165) is 16.0 Å². The Morgan fingerprint density at radius 3 is 2.32 bits per heavy atom. The van der Waals surface area contributed by atoms with E-state index < -0.39 is 6.04 Å². The van der Waals surface area contributed by atoms with Crippen molar-refractivity contribution in [3.63, 3.8) is 0 Å². The molecule has 1 atom stereocenters. The van der Waals surface area contributed by atoms with Crippen molar-refractivity contribution >= 4 is 23.6 Å². The van der Waals surface area contributed by atoms with Crippen LogP contribution in [0.3, 0.4) is 0 Å². The summed E-state index contributed by atoms with van der Waals surface area (Å²) >= 11 is 1.51. The molecule has 1 unspecified atom stereocenters. The monoisotopic (exact) mass is 398 g/mol. The average Bonchev–Trinajstić information content (AvgIpc) is 2.69. The van der Waals surface area contributed by atoms with Gasteiger partial charge in [0.2, 0.25) is 11.8 Å². The molecule has 0 aliphatic rings. The third kappa shape index (κ3) is 6.13. The molecule has 0 radical (unpaired) electrons. The molecule has 0 heterocycles. The van der Waals surface area contributed by atoms with E-state index >= 15 is 0 Å². The van der Waals surface area contributed by atoms with E-state index in [0.29, 0.717) is 25.3 Å². The number of hydrogen-bond acceptors (Lipinski definition) is 3. The molecule has 0 aliphatic carbocycles. The van der Waals surface area contributed by atoms with E-state index in [1.54, 1.807) is 4.90 Å². The van der Waals surface area contributed by atoms with Crippen LogP contribution >= 0.6 is 11.8 Å². The van der Waals surface area contributed by atoms with Crippen LogP contribution in [0, 0.1) is 13.8 Å². The highest BCUT2D eigenvalue weighted by atomic mass is 32.2. The van der Waals surface area contributed by atoms with E-state index in [1.165, 1.54) is 17.3 Å². The smallest absolute Gasteiger partial charge is 0.242 e. The largest absolute Gasteiger partial charge is 0.355 e. The zero-order valence-electron chi connectivity index (χ0n) is 17.2. The highest BCUT2D eigenvalue weighted by Gasteiger charge is 2.28. The normalized spacial score (nSPS) is 11.7. The summed E-state index contributed by atoms with van der Waals surface area (Å²) in [7, 11) is 0. The number of carbonyl (C=O) groups is 2. The van der Waals surface area contributed by atoms with Crippen molar-refractivity contribution in [2.75, 3.05) is 12.3 Å². The molecule has 0 aromatic heterocycles. The number of thioether (sulfide) groups is 1. The SMILES string of the molecule is CCNC(=O)C(CC)N(Cc1ccccc1C)C(=O)CSc1ccc(C)cc1. The van der Waals surface area contributed by atoms with Gasteiger partial charge in [0.05, 0.1) is 5.75 Å². The van der Waals surface area contributed by atoms with E-state index in [-0.39, 0.29) is 11.8 Å². The van der Waals surface area contributed by atoms with E-state index in [1.807, 2.05) is 76.2 Å². The summed E-state index contributed by atoms with van der Waals surface area (Å²) in [5.41, 5.74) is 3.38. The second-order valence-electron chi connectivity index (χ2n) is 6.87. The van der Waals surface area contributed by atoms with Gasteiger partial charge in [-0.15, -0.1) is 11.8 Å². The molecule has 150 valence electrons. The maximum Gasteiger partial charge on any atom is 0.242 e. The minimum Gasteiger partial charge on any atom is -0.355 e. The average molecular weight is 399 g/mol. The fourth-order valence-corrected chi connectivity index (χ4v) is 3.83. The number of benzene rings is 2. The van der Waals surface area contributed by atoms with Crippen LogP contribution in [0.5, 0.6) is 0 Å². The number of carbonyl (C=O) groups excluding carboxylic acids is 2. The van der Waals surface area contributed by atoms with Crippen LogP contribution in [0.4, 0.5) is 0 Å². The van der Waals surface area contributed by atoms with Crippen LogP contribution in [0.1, 0.15) is 37.0 Å². The number of likely N-dealkylation sites (N-methyl/N-ethyl adjacent to an activating group) is 1. The lowest BCUT2D eigenvalue weighted by Gasteiger charge is -2.31. The van der Waals surface area contributed by atoms with Crippen molar-refractivity contribution in [1.29, 1.82) is 0 Å². The van der Waals surface area contributed by atoms with E-state index in [4.69, 9.17) is 0 Å². The van der Waals surface area contributed by atoms with Crippen molar-refractivity contribution in [2.24, 2.45) is 0 Å². The number of nitrogens with zero attached hydrogens (tertiary/aromatic N) is 1. The first-order valence-electron chi connectivity index (χ1n) is 9.77. The first kappa shape index (κ1) is 22.0. The van der Waals surface area contributed by atoms with Gasteiger partial charge >= 0.3 is 0 Å². The van der Waals surface area contributed by atoms with Gasteiger partial charge in [-0.2, -0.15) is 0 Å². The van der Waals surface area contributed by atoms with Crippen LogP contribution < -0.4 is 5.32 Å². The van der Waals surface area contributed by atoms with E-state index in [2.05, 4.69) is 5.32 Å². The van der Waals surface area contributed by atoms with Gasteiger partial charge in [-0.25, -0.2) is 0 Å². The Kier molecular flexibility index (Phi) is 8.58. The Labute approximate surface area is 172 Å². The van der Waals surface area contributed by atoms with Gasteiger partial charge < -0.3 is 10.2 Å². The van der Waals surface area contributed by atoms with Gasteiger partial charge in [0.1, 0.15) is 6.04 Å². The van der Waals surface area contributed by atoms with Crippen LogP contribution in [0.15, 0.2) is 53.4 Å². The number of aryl methyl sites for hydroxylation is 2. The second-order valence-corrected chi connectivity index (χ2v) is 7.92. The van der Waals surface area contributed by atoms with Crippen molar-refractivity contribution in [3.05, 3.63) is 65.2 Å². The zero-order valence-corrected chi connectivity index (χ0v) is 18.0. The third-order valence-electron chi connectivity index (χ3n) is 4.72. The first-order chi connectivity index (χ1) is 13.5. The highest BCUT2D eigenvalue weighted by molar-refractivity contribution is 8.00. The Hall–Kier alpha value is -2.27. The molecule has 0 fully saturated rings. The van der Waals surface area contributed by atoms with Crippen LogP contribution in [-0.4, -0.2) is 35.1 Å². The molecule has 5 heteroatoms. The molecule has 0 spiro atoms. The predicted molar refractivity (Wildman–Crippen MR) is 116 cm³/mol. The Bertz CT molecular complexity index is 789. The predicted octanol–water partition coefficient (Wildman–Crippen LogP) is 4.34. The summed E-state index contributed by atoms with van der Waals surface area (Å²) in [6, 6.07) is 15.7. The fourth-order valence-electron chi connectivity index (χ4n) is 3.05. The van der Waals surface area contributed by atoms with Crippen molar-refractivity contribution in [1.82, 2.24) is 10.2 Å². The van der Waals surface area contributed by atoms with Gasteiger partial charge in [0, 0.05) is 18.0 Å². The lowest BCUT2D eigenvalue weighted by molar-refractivity contribution is -0.139. The summed E-state index contributed by atoms with van der Waals surface area (Å²) in [6.07, 6.45) is 0.582. The first-order valence-corrected chi connectivity index (χ1v) is 10.8. The lowest BCUT2D eigenvalue weighted by Crippen LogP contribution is -2.49. The molecule has 2 aromatic carbocycles. The maximum atomic E-state index is 13.1. The molecule has 2 aromatic rings. The minimum atomic E-state index is -0.467. The lowest BCUT2D eigenvalue weighted by atomic mass is 10.1. The zero-order chi connectivity index (χ0) is 20.5. The van der Waals surface area contributed by atoms with Gasteiger partial charge in [-0.05, 0) is 50.5 Å². The number of hydrogen-bond donors (Lipinski definition) is 1. The molecule has 1 N–H and O–H groups in total. The maximum absolute atomic E-state index is 13.1. The van der Waals surface area contributed by atoms with Crippen LogP contribution in [0.2, 0.25) is 0 Å². The number of nitrogens with one attached hydrogen (secondary N) is 1. The van der Waals surface area contributed by atoms with Gasteiger partial charge in [-0.1, -0.05) is 48.9 Å². The van der Waals surface area contributed by atoms with Crippen molar-refractivity contribution < 1.29 is 9.59 Å².